The molecule has 1 aliphatic carbocycles. The number of carbonyl (C=O) groups excluding carboxylic acids is 2. The Morgan fingerprint density at radius 2 is 2.05 bits per heavy atom. The number of rotatable bonds is 6. The van der Waals surface area contributed by atoms with Crippen LogP contribution in [0.1, 0.15) is 51.9 Å². The molecule has 1 unspecified atom stereocenters. The van der Waals surface area contributed by atoms with Crippen LogP contribution >= 0.6 is 0 Å². The van der Waals surface area contributed by atoms with E-state index in [0.717, 1.165) is 58.0 Å². The van der Waals surface area contributed by atoms with Crippen LogP contribution in [0.2, 0.25) is 0 Å². The fourth-order valence-electron chi connectivity index (χ4n) is 3.78. The highest BCUT2D eigenvalue weighted by molar-refractivity contribution is 5.88. The van der Waals surface area contributed by atoms with Crippen LogP contribution in [-0.2, 0) is 9.59 Å². The van der Waals surface area contributed by atoms with Gasteiger partial charge in [-0.3, -0.25) is 9.59 Å². The number of primary amides is 1. The highest BCUT2D eigenvalue weighted by atomic mass is 16.2. The van der Waals surface area contributed by atoms with E-state index in [0.29, 0.717) is 0 Å². The van der Waals surface area contributed by atoms with Crippen LogP contribution in [0.4, 0.5) is 0 Å². The molecule has 20 heavy (non-hydrogen) atoms. The van der Waals surface area contributed by atoms with E-state index in [2.05, 4.69) is 12.2 Å². The Labute approximate surface area is 121 Å². The lowest BCUT2D eigenvalue weighted by molar-refractivity contribution is -0.146. The van der Waals surface area contributed by atoms with Gasteiger partial charge >= 0.3 is 0 Å². The molecule has 2 amide bonds. The van der Waals surface area contributed by atoms with E-state index in [9.17, 15) is 9.59 Å². The average Bonchev–Trinajstić information content (AvgIpc) is 3.07. The maximum Gasteiger partial charge on any atom is 0.237 e. The molecule has 5 heteroatoms. The first-order valence-corrected chi connectivity index (χ1v) is 7.89. The monoisotopic (exact) mass is 281 g/mol. The van der Waals surface area contributed by atoms with Crippen molar-refractivity contribution in [2.24, 2.45) is 11.1 Å². The van der Waals surface area contributed by atoms with Crippen molar-refractivity contribution in [2.45, 2.75) is 57.9 Å². The van der Waals surface area contributed by atoms with Gasteiger partial charge in [-0.2, -0.15) is 0 Å². The average molecular weight is 281 g/mol. The van der Waals surface area contributed by atoms with Crippen LogP contribution in [0.25, 0.3) is 0 Å². The third kappa shape index (κ3) is 3.14. The van der Waals surface area contributed by atoms with Gasteiger partial charge in [-0.25, -0.2) is 0 Å². The second kappa shape index (κ2) is 6.57. The summed E-state index contributed by atoms with van der Waals surface area (Å²) in [4.78, 5) is 26.2. The molecule has 1 aliphatic heterocycles. The minimum absolute atomic E-state index is 0.0783. The van der Waals surface area contributed by atoms with Gasteiger partial charge in [0.25, 0.3) is 0 Å². The molecule has 0 spiro atoms. The standard InChI is InChI=1S/C15H27N3O2/c1-2-7-15(8-9-17-11-15)14(20)18(10-13(16)19)12-5-3-4-6-12/h12,17H,2-11H2,1H3,(H2,16,19). The molecule has 1 heterocycles. The summed E-state index contributed by atoms with van der Waals surface area (Å²) in [5, 5.41) is 3.31. The molecule has 0 bridgehead atoms. The van der Waals surface area contributed by atoms with E-state index >= 15 is 0 Å². The molecule has 2 aliphatic rings. The minimum atomic E-state index is -0.400. The summed E-state index contributed by atoms with van der Waals surface area (Å²) in [7, 11) is 0. The Bertz CT molecular complexity index is 358. The number of hydrogen-bond acceptors (Lipinski definition) is 3. The lowest BCUT2D eigenvalue weighted by atomic mass is 9.80. The van der Waals surface area contributed by atoms with Crippen molar-refractivity contribution < 1.29 is 9.59 Å². The SMILES string of the molecule is CCCC1(C(=O)N(CC(N)=O)C2CCCC2)CCNC1. The van der Waals surface area contributed by atoms with Crippen molar-refractivity contribution >= 4 is 11.8 Å². The number of hydrogen-bond donors (Lipinski definition) is 2. The normalized spacial score (nSPS) is 26.9. The van der Waals surface area contributed by atoms with Crippen LogP contribution in [-0.4, -0.2) is 42.4 Å². The maximum atomic E-state index is 13.1. The Morgan fingerprint density at radius 3 is 2.55 bits per heavy atom. The topological polar surface area (TPSA) is 75.4 Å². The second-order valence-electron chi connectivity index (χ2n) is 6.29. The Balaban J connectivity index is 2.17. The number of nitrogens with one attached hydrogen (secondary N) is 1. The number of carbonyl (C=O) groups is 2. The van der Waals surface area contributed by atoms with Gasteiger partial charge in [0.2, 0.25) is 11.8 Å². The van der Waals surface area contributed by atoms with Crippen molar-refractivity contribution in [3.63, 3.8) is 0 Å². The van der Waals surface area contributed by atoms with E-state index < -0.39 is 5.91 Å². The largest absolute Gasteiger partial charge is 0.368 e. The second-order valence-corrected chi connectivity index (χ2v) is 6.29. The molecule has 0 aromatic heterocycles. The summed E-state index contributed by atoms with van der Waals surface area (Å²) >= 11 is 0. The molecule has 5 nitrogen and oxygen atoms in total. The van der Waals surface area contributed by atoms with E-state index in [4.69, 9.17) is 5.73 Å². The van der Waals surface area contributed by atoms with Gasteiger partial charge in [0, 0.05) is 12.6 Å². The van der Waals surface area contributed by atoms with Gasteiger partial charge in [-0.15, -0.1) is 0 Å². The molecule has 0 aromatic carbocycles. The first kappa shape index (κ1) is 15.3. The molecule has 3 N–H and O–H groups in total. The molecule has 2 rings (SSSR count). The van der Waals surface area contributed by atoms with E-state index in [1.165, 1.54) is 0 Å². The van der Waals surface area contributed by atoms with Crippen LogP contribution < -0.4 is 11.1 Å². The summed E-state index contributed by atoms with van der Waals surface area (Å²) < 4.78 is 0. The molecular formula is C15H27N3O2. The zero-order chi connectivity index (χ0) is 14.6. The highest BCUT2D eigenvalue weighted by Crippen LogP contribution is 2.36. The molecule has 0 radical (unpaired) electrons. The van der Waals surface area contributed by atoms with Crippen LogP contribution in [0.3, 0.4) is 0 Å². The summed E-state index contributed by atoms with van der Waals surface area (Å²) in [6.45, 7) is 3.82. The minimum Gasteiger partial charge on any atom is -0.368 e. The zero-order valence-corrected chi connectivity index (χ0v) is 12.5. The van der Waals surface area contributed by atoms with Gasteiger partial charge in [-0.05, 0) is 32.2 Å². The molecule has 2 fully saturated rings. The van der Waals surface area contributed by atoms with Crippen molar-refractivity contribution in [1.29, 1.82) is 0 Å². The van der Waals surface area contributed by atoms with E-state index in [1.807, 2.05) is 0 Å². The molecule has 1 saturated heterocycles. The van der Waals surface area contributed by atoms with Crippen molar-refractivity contribution in [3.8, 4) is 0 Å². The smallest absolute Gasteiger partial charge is 0.237 e. The number of amides is 2. The summed E-state index contributed by atoms with van der Waals surface area (Å²) in [5.41, 5.74) is 5.05. The Kier molecular flexibility index (Phi) is 5.02. The summed E-state index contributed by atoms with van der Waals surface area (Å²) in [6.07, 6.45) is 7.06. The number of nitrogens with two attached hydrogens (primary N) is 1. The summed E-state index contributed by atoms with van der Waals surface area (Å²) in [6, 6.07) is 0.212. The lowest BCUT2D eigenvalue weighted by Crippen LogP contribution is -2.51. The van der Waals surface area contributed by atoms with E-state index in [-0.39, 0.29) is 23.9 Å². The zero-order valence-electron chi connectivity index (χ0n) is 12.5. The molecule has 1 saturated carbocycles. The first-order chi connectivity index (χ1) is 9.59. The summed E-state index contributed by atoms with van der Waals surface area (Å²) in [5.74, 6) is -0.252. The predicted molar refractivity (Wildman–Crippen MR) is 78.0 cm³/mol. The van der Waals surface area contributed by atoms with Gasteiger partial charge in [0.05, 0.1) is 12.0 Å². The van der Waals surface area contributed by atoms with Gasteiger partial charge in [-0.1, -0.05) is 26.2 Å². The quantitative estimate of drug-likeness (QED) is 0.763. The highest BCUT2D eigenvalue weighted by Gasteiger charge is 2.44. The van der Waals surface area contributed by atoms with Gasteiger partial charge < -0.3 is 16.0 Å². The Hall–Kier alpha value is -1.10. The fourth-order valence-corrected chi connectivity index (χ4v) is 3.78. The van der Waals surface area contributed by atoms with Crippen LogP contribution in [0, 0.1) is 5.41 Å². The third-order valence-electron chi connectivity index (χ3n) is 4.78. The Morgan fingerprint density at radius 1 is 1.35 bits per heavy atom. The molecule has 114 valence electrons. The van der Waals surface area contributed by atoms with Crippen molar-refractivity contribution in [3.05, 3.63) is 0 Å². The maximum absolute atomic E-state index is 13.1. The number of nitrogens with zero attached hydrogens (tertiary/aromatic N) is 1. The predicted octanol–water partition coefficient (Wildman–Crippen LogP) is 1.02. The van der Waals surface area contributed by atoms with Crippen LogP contribution in [0.15, 0.2) is 0 Å². The molecule has 0 aromatic rings. The van der Waals surface area contributed by atoms with Crippen molar-refractivity contribution in [1.82, 2.24) is 10.2 Å². The molecular weight excluding hydrogens is 254 g/mol. The van der Waals surface area contributed by atoms with E-state index in [1.54, 1.807) is 4.90 Å². The molecule has 1 atom stereocenters. The third-order valence-corrected chi connectivity index (χ3v) is 4.78. The first-order valence-electron chi connectivity index (χ1n) is 7.89. The van der Waals surface area contributed by atoms with Crippen LogP contribution in [0.5, 0.6) is 0 Å². The van der Waals surface area contributed by atoms with Crippen molar-refractivity contribution in [2.75, 3.05) is 19.6 Å². The lowest BCUT2D eigenvalue weighted by Gasteiger charge is -2.36. The van der Waals surface area contributed by atoms with Gasteiger partial charge in [0.1, 0.15) is 0 Å². The fraction of sp³-hybridized carbons (Fsp3) is 0.867. The van der Waals surface area contributed by atoms with Gasteiger partial charge in [0.15, 0.2) is 0 Å².